The molecule has 0 bridgehead atoms. The topological polar surface area (TPSA) is 74.8 Å². The summed E-state index contributed by atoms with van der Waals surface area (Å²) in [5, 5.41) is 3.34. The maximum atomic E-state index is 11.8. The van der Waals surface area contributed by atoms with E-state index in [4.69, 9.17) is 0 Å². The number of imidazole rings is 1. The van der Waals surface area contributed by atoms with Gasteiger partial charge in [0.15, 0.2) is 9.84 Å². The summed E-state index contributed by atoms with van der Waals surface area (Å²) in [4.78, 5) is 8.23. The fourth-order valence-corrected chi connectivity index (χ4v) is 3.64. The second kappa shape index (κ2) is 4.56. The monoisotopic (exact) mass is 293 g/mol. The number of aromatic amines is 1. The van der Waals surface area contributed by atoms with Gasteiger partial charge in [-0.3, -0.25) is 0 Å². The number of fused-ring (bicyclic) bond motifs is 1. The summed E-state index contributed by atoms with van der Waals surface area (Å²) in [5.41, 5.74) is 1.34. The molecule has 2 N–H and O–H groups in total. The van der Waals surface area contributed by atoms with Gasteiger partial charge in [-0.2, -0.15) is 0 Å². The Hall–Kier alpha value is -1.40. The quantitative estimate of drug-likeness (QED) is 0.882. The summed E-state index contributed by atoms with van der Waals surface area (Å²) in [6.07, 6.45) is 3.23. The number of hydrogen-bond donors (Lipinski definition) is 2. The van der Waals surface area contributed by atoms with Crippen LogP contribution in [0.25, 0.3) is 11.0 Å². The van der Waals surface area contributed by atoms with E-state index in [9.17, 15) is 8.42 Å². The Morgan fingerprint density at radius 2 is 1.95 bits per heavy atom. The first-order valence-corrected chi connectivity index (χ1v) is 8.69. The lowest BCUT2D eigenvalue weighted by Crippen LogP contribution is -2.38. The van der Waals surface area contributed by atoms with Crippen LogP contribution in [0.2, 0.25) is 0 Å². The van der Waals surface area contributed by atoms with Gasteiger partial charge in [0.2, 0.25) is 0 Å². The fourth-order valence-electron chi connectivity index (χ4n) is 2.81. The molecule has 0 unspecified atom stereocenters. The van der Waals surface area contributed by atoms with Crippen LogP contribution in [0.4, 0.5) is 0 Å². The van der Waals surface area contributed by atoms with Gasteiger partial charge in [0, 0.05) is 11.7 Å². The average molecular weight is 293 g/mol. The largest absolute Gasteiger partial charge is 0.341 e. The molecule has 1 aliphatic heterocycles. The Kier molecular flexibility index (Phi) is 3.10. The Morgan fingerprint density at radius 1 is 1.25 bits per heavy atom. The van der Waals surface area contributed by atoms with Gasteiger partial charge in [0.1, 0.15) is 11.3 Å². The zero-order chi connectivity index (χ0) is 14.4. The summed E-state index contributed by atoms with van der Waals surface area (Å²) >= 11 is 0. The Labute approximate surface area is 118 Å². The SMILES string of the molecule is CC1(c2nc3c(S(C)(=O)=O)cccc3[nH]2)CCNCC1. The number of aromatic nitrogens is 2. The Balaban J connectivity index is 2.16. The van der Waals surface area contributed by atoms with E-state index >= 15 is 0 Å². The third-order valence-electron chi connectivity index (χ3n) is 4.15. The highest BCUT2D eigenvalue weighted by Gasteiger charge is 2.32. The molecule has 1 saturated heterocycles. The molecule has 1 aromatic carbocycles. The summed E-state index contributed by atoms with van der Waals surface area (Å²) in [6, 6.07) is 5.25. The maximum absolute atomic E-state index is 11.8. The summed E-state index contributed by atoms with van der Waals surface area (Å²) in [7, 11) is -3.26. The number of para-hydroxylation sites is 1. The average Bonchev–Trinajstić information content (AvgIpc) is 2.82. The number of sulfone groups is 1. The van der Waals surface area contributed by atoms with E-state index in [2.05, 4.69) is 22.2 Å². The number of H-pyrrole nitrogens is 1. The van der Waals surface area contributed by atoms with Crippen LogP contribution in [0.3, 0.4) is 0 Å². The lowest BCUT2D eigenvalue weighted by molar-refractivity contribution is 0.321. The van der Waals surface area contributed by atoms with Gasteiger partial charge in [-0.1, -0.05) is 13.0 Å². The number of hydrogen-bond acceptors (Lipinski definition) is 4. The highest BCUT2D eigenvalue weighted by molar-refractivity contribution is 7.91. The molecule has 0 saturated carbocycles. The molecule has 2 heterocycles. The number of piperidine rings is 1. The first-order valence-electron chi connectivity index (χ1n) is 6.80. The standard InChI is InChI=1S/C14H19N3O2S/c1-14(6-8-15-9-7-14)13-16-10-4-3-5-11(12(10)17-13)20(2,18)19/h3-5,15H,6-9H2,1-2H3,(H,16,17). The molecule has 0 aliphatic carbocycles. The van der Waals surface area contributed by atoms with Crippen LogP contribution in [0, 0.1) is 0 Å². The molecular formula is C14H19N3O2S. The van der Waals surface area contributed by atoms with Gasteiger partial charge < -0.3 is 10.3 Å². The second-order valence-electron chi connectivity index (χ2n) is 5.82. The minimum atomic E-state index is -3.26. The summed E-state index contributed by atoms with van der Waals surface area (Å²) in [5.74, 6) is 0.894. The molecule has 5 nitrogen and oxygen atoms in total. The van der Waals surface area contributed by atoms with Crippen molar-refractivity contribution in [3.8, 4) is 0 Å². The van der Waals surface area contributed by atoms with Crippen molar-refractivity contribution in [2.45, 2.75) is 30.1 Å². The number of benzene rings is 1. The van der Waals surface area contributed by atoms with Crippen LogP contribution in [0.15, 0.2) is 23.1 Å². The molecule has 1 fully saturated rings. The van der Waals surface area contributed by atoms with Crippen LogP contribution >= 0.6 is 0 Å². The first kappa shape index (κ1) is 13.6. The number of nitrogens with zero attached hydrogens (tertiary/aromatic N) is 1. The molecule has 108 valence electrons. The normalized spacial score (nSPS) is 19.3. The van der Waals surface area contributed by atoms with Crippen LogP contribution in [0.5, 0.6) is 0 Å². The van der Waals surface area contributed by atoms with Crippen molar-refractivity contribution < 1.29 is 8.42 Å². The smallest absolute Gasteiger partial charge is 0.177 e. The van der Waals surface area contributed by atoms with E-state index < -0.39 is 9.84 Å². The molecule has 20 heavy (non-hydrogen) atoms. The number of nitrogens with one attached hydrogen (secondary N) is 2. The second-order valence-corrected chi connectivity index (χ2v) is 7.80. The fraction of sp³-hybridized carbons (Fsp3) is 0.500. The van der Waals surface area contributed by atoms with Crippen molar-refractivity contribution in [1.82, 2.24) is 15.3 Å². The minimum Gasteiger partial charge on any atom is -0.341 e. The molecular weight excluding hydrogens is 274 g/mol. The van der Waals surface area contributed by atoms with Gasteiger partial charge >= 0.3 is 0 Å². The van der Waals surface area contributed by atoms with Crippen molar-refractivity contribution >= 4 is 20.9 Å². The lowest BCUT2D eigenvalue weighted by Gasteiger charge is -2.32. The van der Waals surface area contributed by atoms with Gasteiger partial charge in [-0.15, -0.1) is 0 Å². The predicted molar refractivity (Wildman–Crippen MR) is 78.7 cm³/mol. The maximum Gasteiger partial charge on any atom is 0.177 e. The van der Waals surface area contributed by atoms with Gasteiger partial charge in [-0.05, 0) is 38.1 Å². The highest BCUT2D eigenvalue weighted by atomic mass is 32.2. The molecule has 1 aliphatic rings. The third-order valence-corrected chi connectivity index (χ3v) is 5.28. The Bertz CT molecular complexity index is 743. The molecule has 2 aromatic rings. The zero-order valence-corrected chi connectivity index (χ0v) is 12.5. The molecule has 0 amide bonds. The zero-order valence-electron chi connectivity index (χ0n) is 11.7. The van der Waals surface area contributed by atoms with E-state index in [0.29, 0.717) is 10.4 Å². The van der Waals surface area contributed by atoms with Gasteiger partial charge in [0.25, 0.3) is 0 Å². The van der Waals surface area contributed by atoms with Crippen molar-refractivity contribution in [3.05, 3.63) is 24.0 Å². The molecule has 6 heteroatoms. The first-order chi connectivity index (χ1) is 9.40. The van der Waals surface area contributed by atoms with Gasteiger partial charge in [-0.25, -0.2) is 13.4 Å². The van der Waals surface area contributed by atoms with Crippen LogP contribution in [0.1, 0.15) is 25.6 Å². The van der Waals surface area contributed by atoms with Crippen molar-refractivity contribution in [1.29, 1.82) is 0 Å². The summed E-state index contributed by atoms with van der Waals surface area (Å²) in [6.45, 7) is 4.12. The molecule has 3 rings (SSSR count). The van der Waals surface area contributed by atoms with Crippen LogP contribution < -0.4 is 5.32 Å². The summed E-state index contributed by atoms with van der Waals surface area (Å²) < 4.78 is 23.7. The Morgan fingerprint density at radius 3 is 2.60 bits per heavy atom. The van der Waals surface area contributed by atoms with E-state index in [-0.39, 0.29) is 5.41 Å². The van der Waals surface area contributed by atoms with Gasteiger partial charge in [0.05, 0.1) is 10.4 Å². The molecule has 0 radical (unpaired) electrons. The van der Waals surface area contributed by atoms with Crippen molar-refractivity contribution in [2.24, 2.45) is 0 Å². The van der Waals surface area contributed by atoms with E-state index in [1.54, 1.807) is 12.1 Å². The molecule has 0 spiro atoms. The lowest BCUT2D eigenvalue weighted by atomic mass is 9.80. The molecule has 1 aromatic heterocycles. The van der Waals surface area contributed by atoms with Crippen molar-refractivity contribution in [2.75, 3.05) is 19.3 Å². The van der Waals surface area contributed by atoms with E-state index in [0.717, 1.165) is 37.3 Å². The molecule has 0 atom stereocenters. The van der Waals surface area contributed by atoms with Crippen molar-refractivity contribution in [3.63, 3.8) is 0 Å². The predicted octanol–water partition coefficient (Wildman–Crippen LogP) is 1.61. The minimum absolute atomic E-state index is 0.0148. The van der Waals surface area contributed by atoms with Crippen LogP contribution in [-0.2, 0) is 15.3 Å². The van der Waals surface area contributed by atoms with E-state index in [1.807, 2.05) is 6.07 Å². The van der Waals surface area contributed by atoms with E-state index in [1.165, 1.54) is 6.26 Å². The number of rotatable bonds is 2. The van der Waals surface area contributed by atoms with Crippen LogP contribution in [-0.4, -0.2) is 37.7 Å². The third kappa shape index (κ3) is 2.23. The highest BCUT2D eigenvalue weighted by Crippen LogP contribution is 2.33.